The predicted octanol–water partition coefficient (Wildman–Crippen LogP) is 3.65. The topological polar surface area (TPSA) is 57.7 Å². The number of hydrogen-bond acceptors (Lipinski definition) is 3. The summed E-state index contributed by atoms with van der Waals surface area (Å²) in [6, 6.07) is 6.81. The fourth-order valence-electron chi connectivity index (χ4n) is 4.14. The molecule has 1 unspecified atom stereocenters. The number of carbonyl (C=O) groups excluding carboxylic acids is 1. The molecule has 0 N–H and O–H groups in total. The van der Waals surface area contributed by atoms with Crippen molar-refractivity contribution in [3.8, 4) is 0 Å². The number of likely N-dealkylation sites (tertiary alicyclic amines) is 1. The number of sulfonamides is 1. The summed E-state index contributed by atoms with van der Waals surface area (Å²) in [5.74, 6) is 0.00165. The molecule has 26 heavy (non-hydrogen) atoms. The first-order chi connectivity index (χ1) is 12.4. The van der Waals surface area contributed by atoms with Gasteiger partial charge < -0.3 is 4.90 Å². The van der Waals surface area contributed by atoms with Crippen molar-refractivity contribution >= 4 is 15.9 Å². The average Bonchev–Trinajstić information content (AvgIpc) is 2.68. The molecule has 1 atom stereocenters. The zero-order valence-corrected chi connectivity index (χ0v) is 16.7. The van der Waals surface area contributed by atoms with Gasteiger partial charge in [-0.1, -0.05) is 19.3 Å². The Labute approximate surface area is 157 Å². The van der Waals surface area contributed by atoms with Gasteiger partial charge in [0.15, 0.2) is 0 Å². The molecule has 6 heteroatoms. The van der Waals surface area contributed by atoms with Gasteiger partial charge in [0.05, 0.1) is 4.90 Å². The van der Waals surface area contributed by atoms with Gasteiger partial charge in [-0.05, 0) is 63.3 Å². The summed E-state index contributed by atoms with van der Waals surface area (Å²) in [4.78, 5) is 14.9. The molecule has 2 aliphatic rings. The summed E-state index contributed by atoms with van der Waals surface area (Å²) < 4.78 is 27.3. The number of hydrogen-bond donors (Lipinski definition) is 0. The molecule has 144 valence electrons. The lowest BCUT2D eigenvalue weighted by Gasteiger charge is -2.33. The van der Waals surface area contributed by atoms with Crippen LogP contribution >= 0.6 is 0 Å². The Morgan fingerprint density at radius 1 is 1.00 bits per heavy atom. The molecule has 1 saturated heterocycles. The van der Waals surface area contributed by atoms with Crippen LogP contribution in [0.25, 0.3) is 0 Å². The summed E-state index contributed by atoms with van der Waals surface area (Å²) in [6.07, 6.45) is 8.46. The third-order valence-electron chi connectivity index (χ3n) is 5.93. The molecule has 0 spiro atoms. The van der Waals surface area contributed by atoms with Crippen LogP contribution in [0.2, 0.25) is 0 Å². The zero-order valence-electron chi connectivity index (χ0n) is 15.9. The quantitative estimate of drug-likeness (QED) is 0.803. The Kier molecular flexibility index (Phi) is 6.03. The molecule has 1 heterocycles. The SMILES string of the molecule is CC1CCCCN1C(=O)c1ccc(S(=O)(=O)N(C)C2CCCCC2)cc1. The van der Waals surface area contributed by atoms with Crippen LogP contribution in [0.3, 0.4) is 0 Å². The van der Waals surface area contributed by atoms with Gasteiger partial charge in [0.1, 0.15) is 0 Å². The van der Waals surface area contributed by atoms with Crippen LogP contribution in [0.15, 0.2) is 29.2 Å². The van der Waals surface area contributed by atoms with Crippen LogP contribution in [-0.2, 0) is 10.0 Å². The molecule has 0 aromatic heterocycles. The lowest BCUT2D eigenvalue weighted by atomic mass is 9.96. The van der Waals surface area contributed by atoms with Gasteiger partial charge in [0, 0.05) is 31.2 Å². The number of benzene rings is 1. The number of carbonyl (C=O) groups is 1. The van der Waals surface area contributed by atoms with E-state index in [0.29, 0.717) is 5.56 Å². The number of piperidine rings is 1. The van der Waals surface area contributed by atoms with Gasteiger partial charge in [-0.2, -0.15) is 4.31 Å². The highest BCUT2D eigenvalue weighted by atomic mass is 32.2. The maximum atomic E-state index is 12.9. The van der Waals surface area contributed by atoms with E-state index in [1.807, 2.05) is 4.90 Å². The predicted molar refractivity (Wildman–Crippen MR) is 103 cm³/mol. The second-order valence-corrected chi connectivity index (χ2v) is 9.68. The van der Waals surface area contributed by atoms with Crippen LogP contribution in [0.5, 0.6) is 0 Å². The molecule has 1 aliphatic carbocycles. The summed E-state index contributed by atoms with van der Waals surface area (Å²) in [6.45, 7) is 2.86. The van der Waals surface area contributed by atoms with E-state index in [4.69, 9.17) is 0 Å². The third-order valence-corrected chi connectivity index (χ3v) is 7.86. The van der Waals surface area contributed by atoms with E-state index in [-0.39, 0.29) is 22.9 Å². The highest BCUT2D eigenvalue weighted by Gasteiger charge is 2.29. The maximum absolute atomic E-state index is 12.9. The largest absolute Gasteiger partial charge is 0.336 e. The molecule has 1 aromatic carbocycles. The van der Waals surface area contributed by atoms with Gasteiger partial charge in [-0.15, -0.1) is 0 Å². The molecular formula is C20H30N2O3S. The highest BCUT2D eigenvalue weighted by molar-refractivity contribution is 7.89. The van der Waals surface area contributed by atoms with Gasteiger partial charge in [0.25, 0.3) is 5.91 Å². The van der Waals surface area contributed by atoms with Crippen molar-refractivity contribution in [3.63, 3.8) is 0 Å². The van der Waals surface area contributed by atoms with Gasteiger partial charge in [0.2, 0.25) is 10.0 Å². The molecule has 3 rings (SSSR count). The Hall–Kier alpha value is -1.40. The van der Waals surface area contributed by atoms with Crippen molar-refractivity contribution in [2.24, 2.45) is 0 Å². The molecule has 0 radical (unpaired) electrons. The lowest BCUT2D eigenvalue weighted by Crippen LogP contribution is -2.42. The molecule has 0 bridgehead atoms. The Bertz CT molecular complexity index is 724. The van der Waals surface area contributed by atoms with Crippen molar-refractivity contribution in [1.82, 2.24) is 9.21 Å². The zero-order chi connectivity index (χ0) is 18.7. The van der Waals surface area contributed by atoms with Gasteiger partial charge in [-0.3, -0.25) is 4.79 Å². The highest BCUT2D eigenvalue weighted by Crippen LogP contribution is 2.27. The van der Waals surface area contributed by atoms with Crippen LogP contribution in [0.4, 0.5) is 0 Å². The first kappa shape index (κ1) is 19.4. The fraction of sp³-hybridized carbons (Fsp3) is 0.650. The first-order valence-electron chi connectivity index (χ1n) is 9.80. The normalized spacial score (nSPS) is 22.6. The van der Waals surface area contributed by atoms with Crippen LogP contribution < -0.4 is 0 Å². The average molecular weight is 379 g/mol. The summed E-state index contributed by atoms with van der Waals surface area (Å²) in [5.41, 5.74) is 0.568. The number of amides is 1. The minimum absolute atomic E-state index is 0.00165. The molecule has 1 aliphatic heterocycles. The third kappa shape index (κ3) is 3.96. The summed E-state index contributed by atoms with van der Waals surface area (Å²) >= 11 is 0. The van der Waals surface area contributed by atoms with Crippen LogP contribution in [0, 0.1) is 0 Å². The first-order valence-corrected chi connectivity index (χ1v) is 11.2. The molecule has 5 nitrogen and oxygen atoms in total. The van der Waals surface area contributed by atoms with Gasteiger partial charge in [-0.25, -0.2) is 8.42 Å². The van der Waals surface area contributed by atoms with Crippen molar-refractivity contribution in [2.75, 3.05) is 13.6 Å². The smallest absolute Gasteiger partial charge is 0.254 e. The number of rotatable bonds is 4. The Morgan fingerprint density at radius 2 is 1.62 bits per heavy atom. The van der Waals surface area contributed by atoms with Crippen molar-refractivity contribution in [2.45, 2.75) is 75.3 Å². The molecular weight excluding hydrogens is 348 g/mol. The van der Waals surface area contributed by atoms with Gasteiger partial charge >= 0.3 is 0 Å². The van der Waals surface area contributed by atoms with E-state index < -0.39 is 10.0 Å². The fourth-order valence-corrected chi connectivity index (χ4v) is 5.56. The summed E-state index contributed by atoms with van der Waals surface area (Å²) in [7, 11) is -1.83. The second-order valence-electron chi connectivity index (χ2n) is 7.68. The van der Waals surface area contributed by atoms with Crippen molar-refractivity contribution < 1.29 is 13.2 Å². The molecule has 1 aromatic rings. The Morgan fingerprint density at radius 3 is 2.23 bits per heavy atom. The van der Waals surface area contributed by atoms with E-state index >= 15 is 0 Å². The Balaban J connectivity index is 1.74. The maximum Gasteiger partial charge on any atom is 0.254 e. The minimum Gasteiger partial charge on any atom is -0.336 e. The number of nitrogens with zero attached hydrogens (tertiary/aromatic N) is 2. The van der Waals surface area contributed by atoms with E-state index in [0.717, 1.165) is 51.5 Å². The lowest BCUT2D eigenvalue weighted by molar-refractivity contribution is 0.0635. The second kappa shape index (κ2) is 8.09. The van der Waals surface area contributed by atoms with Crippen LogP contribution in [0.1, 0.15) is 68.6 Å². The molecule has 2 fully saturated rings. The van der Waals surface area contributed by atoms with Crippen molar-refractivity contribution in [3.05, 3.63) is 29.8 Å². The van der Waals surface area contributed by atoms with E-state index in [1.165, 1.54) is 10.7 Å². The van der Waals surface area contributed by atoms with Crippen LogP contribution in [-0.4, -0.2) is 49.2 Å². The van der Waals surface area contributed by atoms with E-state index in [1.54, 1.807) is 31.3 Å². The monoisotopic (exact) mass is 378 g/mol. The van der Waals surface area contributed by atoms with E-state index in [9.17, 15) is 13.2 Å². The van der Waals surface area contributed by atoms with E-state index in [2.05, 4.69) is 6.92 Å². The van der Waals surface area contributed by atoms with Crippen molar-refractivity contribution in [1.29, 1.82) is 0 Å². The minimum atomic E-state index is -3.51. The summed E-state index contributed by atoms with van der Waals surface area (Å²) in [5, 5.41) is 0. The molecule has 1 amide bonds. The molecule has 1 saturated carbocycles. The standard InChI is InChI=1S/C20H30N2O3S/c1-16-8-6-7-15-22(16)20(23)17-11-13-19(14-12-17)26(24,25)21(2)18-9-4-3-5-10-18/h11-14,16,18H,3-10,15H2,1-2H3.